The topological polar surface area (TPSA) is 76.2 Å². The van der Waals surface area contributed by atoms with Crippen molar-refractivity contribution < 1.29 is 37.0 Å². The summed E-state index contributed by atoms with van der Waals surface area (Å²) in [5.41, 5.74) is 0.823. The average Bonchev–Trinajstić information content (AvgIpc) is 2.81. The lowest BCUT2D eigenvalue weighted by Gasteiger charge is -2.37. The molecule has 0 atom stereocenters. The van der Waals surface area contributed by atoms with Gasteiger partial charge in [0.25, 0.3) is 0 Å². The van der Waals surface area contributed by atoms with Crippen LogP contribution in [0.2, 0.25) is 0 Å². The van der Waals surface area contributed by atoms with Crippen LogP contribution >= 0.6 is 0 Å². The van der Waals surface area contributed by atoms with Crippen LogP contribution in [0.4, 0.5) is 18.0 Å². The molecular formula is C24H25F3N2O5. The third-order valence-electron chi connectivity index (χ3n) is 5.42. The number of methoxy groups -OCH3 is 1. The second kappa shape index (κ2) is 11.1. The van der Waals surface area contributed by atoms with Crippen molar-refractivity contribution in [2.45, 2.75) is 25.4 Å². The number of halogens is 3. The van der Waals surface area contributed by atoms with E-state index in [-0.39, 0.29) is 31.8 Å². The van der Waals surface area contributed by atoms with Crippen molar-refractivity contribution >= 4 is 17.8 Å². The molecule has 1 heterocycles. The highest BCUT2D eigenvalue weighted by Crippen LogP contribution is 2.29. The highest BCUT2D eigenvalue weighted by Gasteiger charge is 2.31. The van der Waals surface area contributed by atoms with Crippen molar-refractivity contribution in [2.24, 2.45) is 0 Å². The maximum atomic E-state index is 12.9. The largest absolute Gasteiger partial charge is 0.465 e. The molecule has 7 nitrogen and oxygen atoms in total. The quantitative estimate of drug-likeness (QED) is 0.509. The molecule has 0 saturated carbocycles. The molecule has 0 aliphatic carbocycles. The maximum absolute atomic E-state index is 12.9. The average molecular weight is 478 g/mol. The van der Waals surface area contributed by atoms with Gasteiger partial charge in [0.1, 0.15) is 12.4 Å². The fourth-order valence-electron chi connectivity index (χ4n) is 3.60. The number of ketones is 1. The lowest BCUT2D eigenvalue weighted by Crippen LogP contribution is -2.53. The van der Waals surface area contributed by atoms with Crippen LogP contribution in [-0.2, 0) is 33.3 Å². The first kappa shape index (κ1) is 25.2. The van der Waals surface area contributed by atoms with Crippen molar-refractivity contribution in [3.63, 3.8) is 0 Å². The smallest absolute Gasteiger partial charge is 0.424 e. The lowest BCUT2D eigenvalue weighted by molar-refractivity contribution is -0.137. The van der Waals surface area contributed by atoms with Gasteiger partial charge in [-0.2, -0.15) is 13.2 Å². The molecule has 2 aromatic carbocycles. The van der Waals surface area contributed by atoms with E-state index in [1.807, 2.05) is 0 Å². The van der Waals surface area contributed by atoms with E-state index in [9.17, 15) is 27.6 Å². The summed E-state index contributed by atoms with van der Waals surface area (Å²) in [6.07, 6.45) is -4.54. The summed E-state index contributed by atoms with van der Waals surface area (Å²) in [5.74, 6) is -0.663. The maximum Gasteiger partial charge on any atom is 0.424 e. The van der Waals surface area contributed by atoms with E-state index >= 15 is 0 Å². The Hall–Kier alpha value is -3.40. The molecule has 2 aromatic rings. The summed E-state index contributed by atoms with van der Waals surface area (Å²) in [6, 6.07) is 11.5. The Kier molecular flexibility index (Phi) is 8.27. The van der Waals surface area contributed by atoms with Crippen LogP contribution < -0.4 is 0 Å². The Bertz CT molecular complexity index is 1020. The van der Waals surface area contributed by atoms with Crippen LogP contribution in [0.5, 0.6) is 0 Å². The summed E-state index contributed by atoms with van der Waals surface area (Å²) in [7, 11) is 1.30. The normalized spacial score (nSPS) is 14.6. The van der Waals surface area contributed by atoms with Gasteiger partial charge in [-0.3, -0.25) is 4.79 Å². The van der Waals surface area contributed by atoms with Gasteiger partial charge in [-0.15, -0.1) is 0 Å². The number of hydrogen-bond donors (Lipinski definition) is 0. The van der Waals surface area contributed by atoms with Crippen molar-refractivity contribution in [3.05, 3.63) is 70.8 Å². The van der Waals surface area contributed by atoms with Crippen LogP contribution in [0, 0.1) is 0 Å². The molecule has 3 rings (SSSR count). The summed E-state index contributed by atoms with van der Waals surface area (Å²) in [6.45, 7) is 1.14. The summed E-state index contributed by atoms with van der Waals surface area (Å²) < 4.78 is 48.4. The number of alkyl halides is 3. The van der Waals surface area contributed by atoms with Crippen LogP contribution in [0.1, 0.15) is 33.5 Å². The number of ether oxygens (including phenoxy) is 2. The first-order valence-corrected chi connectivity index (χ1v) is 10.7. The van der Waals surface area contributed by atoms with E-state index in [1.54, 1.807) is 29.3 Å². The number of cyclic esters (lactones) is 1. The van der Waals surface area contributed by atoms with E-state index in [2.05, 4.69) is 4.74 Å². The molecule has 1 aliphatic heterocycles. The fourth-order valence-corrected chi connectivity index (χ4v) is 3.60. The molecule has 10 heteroatoms. The number of carbonyl (C=O) groups excluding carboxylic acids is 3. The first-order chi connectivity index (χ1) is 16.2. The van der Waals surface area contributed by atoms with Crippen molar-refractivity contribution in [1.29, 1.82) is 0 Å². The van der Waals surface area contributed by atoms with Gasteiger partial charge in [-0.25, -0.2) is 19.6 Å². The molecule has 182 valence electrons. The molecule has 1 amide bonds. The minimum atomic E-state index is -4.46. The number of carbonyl (C=O) groups is 3. The van der Waals surface area contributed by atoms with Crippen LogP contribution in [0.15, 0.2) is 48.5 Å². The molecule has 1 aliphatic rings. The Morgan fingerprint density at radius 3 is 2.47 bits per heavy atom. The predicted octanol–water partition coefficient (Wildman–Crippen LogP) is 3.91. The molecular weight excluding hydrogens is 453 g/mol. The van der Waals surface area contributed by atoms with Crippen molar-refractivity contribution in [1.82, 2.24) is 10.0 Å². The fraction of sp³-hybridized carbons (Fsp3) is 0.375. The molecule has 0 radical (unpaired) electrons. The molecule has 1 saturated heterocycles. The molecule has 0 N–H and O–H groups in total. The minimum Gasteiger partial charge on any atom is -0.465 e. The zero-order chi connectivity index (χ0) is 24.7. The van der Waals surface area contributed by atoms with Crippen molar-refractivity contribution in [2.75, 3.05) is 33.4 Å². The van der Waals surface area contributed by atoms with E-state index in [4.69, 9.17) is 4.74 Å². The van der Waals surface area contributed by atoms with Gasteiger partial charge in [0, 0.05) is 25.9 Å². The van der Waals surface area contributed by atoms with E-state index in [0.29, 0.717) is 30.6 Å². The number of nitrogens with zero attached hydrogens (tertiary/aromatic N) is 2. The number of hydrogen-bond acceptors (Lipinski definition) is 6. The number of benzene rings is 2. The van der Waals surface area contributed by atoms with Crippen LogP contribution in [0.3, 0.4) is 0 Å². The van der Waals surface area contributed by atoms with Gasteiger partial charge >= 0.3 is 18.2 Å². The number of Topliss-reactive ketones (excluding diaryl/α,β-unsaturated/α-hetero) is 1. The third kappa shape index (κ3) is 6.80. The molecule has 0 bridgehead atoms. The summed E-state index contributed by atoms with van der Waals surface area (Å²) in [5, 5.41) is 3.15. The van der Waals surface area contributed by atoms with E-state index in [0.717, 1.165) is 17.7 Å². The highest BCUT2D eigenvalue weighted by molar-refractivity contribution is 5.89. The van der Waals surface area contributed by atoms with E-state index in [1.165, 1.54) is 24.3 Å². The van der Waals surface area contributed by atoms with Gasteiger partial charge in [0.15, 0.2) is 0 Å². The molecule has 34 heavy (non-hydrogen) atoms. The molecule has 0 unspecified atom stereocenters. The van der Waals surface area contributed by atoms with Gasteiger partial charge in [-0.1, -0.05) is 30.3 Å². The Morgan fingerprint density at radius 2 is 1.79 bits per heavy atom. The van der Waals surface area contributed by atoms with Gasteiger partial charge in [0.05, 0.1) is 24.8 Å². The van der Waals surface area contributed by atoms with Gasteiger partial charge in [-0.05, 0) is 35.7 Å². The second-order valence-corrected chi connectivity index (χ2v) is 7.79. The van der Waals surface area contributed by atoms with Gasteiger partial charge in [0.2, 0.25) is 0 Å². The standard InChI is InChI=1S/C24H25F3N2O5/c1-33-22(31)19-7-5-17(6-8-19)9-12-29-23(32)34-14-13-28(29)11-10-21(30)16-18-3-2-4-20(15-18)24(25,26)27/h2-8,15H,9-14,16H2,1H3. The first-order valence-electron chi connectivity index (χ1n) is 10.7. The van der Waals surface area contributed by atoms with E-state index < -0.39 is 23.8 Å². The second-order valence-electron chi connectivity index (χ2n) is 7.79. The van der Waals surface area contributed by atoms with Crippen molar-refractivity contribution in [3.8, 4) is 0 Å². The molecule has 0 aromatic heterocycles. The minimum absolute atomic E-state index is 0.0772. The highest BCUT2D eigenvalue weighted by atomic mass is 19.4. The van der Waals surface area contributed by atoms with Crippen LogP contribution in [0.25, 0.3) is 0 Å². The summed E-state index contributed by atoms with van der Waals surface area (Å²) >= 11 is 0. The zero-order valence-corrected chi connectivity index (χ0v) is 18.6. The predicted molar refractivity (Wildman–Crippen MR) is 116 cm³/mol. The Labute approximate surface area is 195 Å². The number of amides is 1. The van der Waals surface area contributed by atoms with Crippen LogP contribution in [-0.4, -0.2) is 61.2 Å². The molecule has 1 fully saturated rings. The number of hydrazine groups is 1. The number of rotatable bonds is 9. The monoisotopic (exact) mass is 478 g/mol. The Morgan fingerprint density at radius 1 is 1.06 bits per heavy atom. The lowest BCUT2D eigenvalue weighted by atomic mass is 10.0. The number of esters is 1. The SMILES string of the molecule is COC(=O)c1ccc(CCN2C(=O)OCCN2CCC(=O)Cc2cccc(C(F)(F)F)c2)cc1. The van der Waals surface area contributed by atoms with Gasteiger partial charge < -0.3 is 9.47 Å². The Balaban J connectivity index is 1.55. The molecule has 0 spiro atoms. The summed E-state index contributed by atoms with van der Waals surface area (Å²) in [4.78, 5) is 36.2. The third-order valence-corrected chi connectivity index (χ3v) is 5.42. The zero-order valence-electron chi connectivity index (χ0n) is 18.6.